The van der Waals surface area contributed by atoms with Crippen LogP contribution in [0.1, 0.15) is 36.5 Å². The van der Waals surface area contributed by atoms with E-state index in [0.717, 1.165) is 31.1 Å². The van der Waals surface area contributed by atoms with Gasteiger partial charge < -0.3 is 5.11 Å². The van der Waals surface area contributed by atoms with Gasteiger partial charge in [0.2, 0.25) is 10.0 Å². The van der Waals surface area contributed by atoms with Gasteiger partial charge in [-0.15, -0.1) is 11.8 Å². The highest BCUT2D eigenvalue weighted by molar-refractivity contribution is 7.99. The van der Waals surface area contributed by atoms with E-state index in [-0.39, 0.29) is 10.5 Å². The second-order valence-electron chi connectivity index (χ2n) is 4.06. The van der Waals surface area contributed by atoms with E-state index in [4.69, 9.17) is 10.2 Å². The molecule has 19 heavy (non-hydrogen) atoms. The van der Waals surface area contributed by atoms with Crippen LogP contribution in [0.3, 0.4) is 0 Å². The lowest BCUT2D eigenvalue weighted by molar-refractivity contribution is 0.0693. The average Bonchev–Trinajstić information content (AvgIpc) is 2.33. The molecule has 0 heterocycles. The first-order valence-corrected chi connectivity index (χ1v) is 8.42. The number of thioether (sulfide) groups is 1. The molecule has 0 atom stereocenters. The summed E-state index contributed by atoms with van der Waals surface area (Å²) < 4.78 is 22.4. The average molecular weight is 303 g/mol. The van der Waals surface area contributed by atoms with Gasteiger partial charge in [-0.3, -0.25) is 0 Å². The van der Waals surface area contributed by atoms with Gasteiger partial charge >= 0.3 is 5.97 Å². The number of hydrogen-bond acceptors (Lipinski definition) is 4. The molecule has 1 aromatic carbocycles. The molecule has 106 valence electrons. The first kappa shape index (κ1) is 16.0. The topological polar surface area (TPSA) is 97.5 Å². The normalized spacial score (nSPS) is 11.5. The van der Waals surface area contributed by atoms with Crippen LogP contribution in [0.2, 0.25) is 0 Å². The van der Waals surface area contributed by atoms with Crippen LogP contribution >= 0.6 is 11.8 Å². The Kier molecular flexibility index (Phi) is 5.84. The van der Waals surface area contributed by atoms with Crippen LogP contribution in [0, 0.1) is 0 Å². The minimum absolute atomic E-state index is 0.0203. The second-order valence-corrected chi connectivity index (χ2v) is 6.76. The monoisotopic (exact) mass is 303 g/mol. The van der Waals surface area contributed by atoms with Crippen molar-refractivity contribution < 1.29 is 18.3 Å². The van der Waals surface area contributed by atoms with E-state index in [2.05, 4.69) is 6.92 Å². The quantitative estimate of drug-likeness (QED) is 0.595. The molecule has 1 aromatic rings. The van der Waals surface area contributed by atoms with Gasteiger partial charge in [0.25, 0.3) is 0 Å². The standard InChI is InChI=1S/C12H17NO4S2/c1-2-3-4-7-18-11-6-5-9(19(13,16)17)8-10(11)12(14)15/h5-6,8H,2-4,7H2,1H3,(H,14,15)(H2,13,16,17). The number of nitrogens with two attached hydrogens (primary N) is 1. The number of rotatable bonds is 7. The number of sulfonamides is 1. The molecule has 0 amide bonds. The molecule has 0 unspecified atom stereocenters. The van der Waals surface area contributed by atoms with Crippen molar-refractivity contribution in [1.29, 1.82) is 0 Å². The van der Waals surface area contributed by atoms with E-state index in [1.54, 1.807) is 0 Å². The first-order valence-electron chi connectivity index (χ1n) is 5.89. The zero-order chi connectivity index (χ0) is 14.5. The molecule has 0 radical (unpaired) electrons. The van der Waals surface area contributed by atoms with Gasteiger partial charge in [0.15, 0.2) is 0 Å². The maximum Gasteiger partial charge on any atom is 0.336 e. The third-order valence-electron chi connectivity index (χ3n) is 2.52. The van der Waals surface area contributed by atoms with Crippen LogP contribution in [0.4, 0.5) is 0 Å². The van der Waals surface area contributed by atoms with Gasteiger partial charge in [-0.25, -0.2) is 18.4 Å². The Morgan fingerprint density at radius 2 is 2.05 bits per heavy atom. The predicted octanol–water partition coefficient (Wildman–Crippen LogP) is 2.31. The van der Waals surface area contributed by atoms with Crippen LogP contribution in [0.5, 0.6) is 0 Å². The van der Waals surface area contributed by atoms with Crippen molar-refractivity contribution in [3.8, 4) is 0 Å². The van der Waals surface area contributed by atoms with Crippen molar-refractivity contribution in [3.63, 3.8) is 0 Å². The smallest absolute Gasteiger partial charge is 0.336 e. The number of carboxylic acid groups (broad SMARTS) is 1. The molecular formula is C12H17NO4S2. The van der Waals surface area contributed by atoms with Crippen LogP contribution in [0.15, 0.2) is 28.0 Å². The van der Waals surface area contributed by atoms with E-state index in [9.17, 15) is 13.2 Å². The zero-order valence-electron chi connectivity index (χ0n) is 10.6. The molecule has 0 saturated heterocycles. The lowest BCUT2D eigenvalue weighted by Crippen LogP contribution is -2.13. The van der Waals surface area contributed by atoms with Crippen LogP contribution in [0.25, 0.3) is 0 Å². The SMILES string of the molecule is CCCCCSc1ccc(S(N)(=O)=O)cc1C(=O)O. The van der Waals surface area contributed by atoms with Gasteiger partial charge in [-0.1, -0.05) is 19.8 Å². The second kappa shape index (κ2) is 6.93. The van der Waals surface area contributed by atoms with Crippen molar-refractivity contribution in [2.75, 3.05) is 5.75 Å². The van der Waals surface area contributed by atoms with Gasteiger partial charge in [-0.2, -0.15) is 0 Å². The number of carbonyl (C=O) groups is 1. The molecule has 3 N–H and O–H groups in total. The van der Waals surface area contributed by atoms with Gasteiger partial charge in [0, 0.05) is 4.90 Å². The number of benzene rings is 1. The zero-order valence-corrected chi connectivity index (χ0v) is 12.3. The number of carboxylic acids is 1. The number of primary sulfonamides is 1. The van der Waals surface area contributed by atoms with Crippen molar-refractivity contribution in [2.24, 2.45) is 5.14 Å². The summed E-state index contributed by atoms with van der Waals surface area (Å²) in [6.07, 6.45) is 3.18. The first-order chi connectivity index (χ1) is 8.86. The summed E-state index contributed by atoms with van der Waals surface area (Å²) in [5, 5.41) is 14.1. The highest BCUT2D eigenvalue weighted by Gasteiger charge is 2.16. The van der Waals surface area contributed by atoms with E-state index in [1.807, 2.05) is 0 Å². The Bertz CT molecular complexity index is 555. The molecule has 0 saturated carbocycles. The van der Waals surface area contributed by atoms with Gasteiger partial charge in [0.05, 0.1) is 10.5 Å². The number of unbranched alkanes of at least 4 members (excludes halogenated alkanes) is 2. The Labute approximate surface area is 117 Å². The highest BCUT2D eigenvalue weighted by atomic mass is 32.2. The van der Waals surface area contributed by atoms with Gasteiger partial charge in [-0.05, 0) is 30.4 Å². The molecular weight excluding hydrogens is 286 g/mol. The minimum Gasteiger partial charge on any atom is -0.478 e. The summed E-state index contributed by atoms with van der Waals surface area (Å²) >= 11 is 1.42. The van der Waals surface area contributed by atoms with Crippen molar-refractivity contribution in [2.45, 2.75) is 36.0 Å². The van der Waals surface area contributed by atoms with Crippen LogP contribution < -0.4 is 5.14 Å². The van der Waals surface area contributed by atoms with Crippen molar-refractivity contribution in [1.82, 2.24) is 0 Å². The summed E-state index contributed by atoms with van der Waals surface area (Å²) in [4.78, 5) is 11.5. The van der Waals surface area contributed by atoms with Crippen molar-refractivity contribution >= 4 is 27.8 Å². The molecule has 1 rings (SSSR count). The Balaban J connectivity index is 2.96. The summed E-state index contributed by atoms with van der Waals surface area (Å²) in [5.41, 5.74) is -0.0203. The molecule has 0 aliphatic carbocycles. The van der Waals surface area contributed by atoms with E-state index < -0.39 is 16.0 Å². The Hall–Kier alpha value is -1.05. The third kappa shape index (κ3) is 4.85. The van der Waals surface area contributed by atoms with E-state index in [0.29, 0.717) is 4.90 Å². The predicted molar refractivity (Wildman–Crippen MR) is 75.0 cm³/mol. The molecule has 5 nitrogen and oxygen atoms in total. The van der Waals surface area contributed by atoms with Crippen molar-refractivity contribution in [3.05, 3.63) is 23.8 Å². The molecule has 0 aliphatic rings. The fourth-order valence-electron chi connectivity index (χ4n) is 1.51. The lowest BCUT2D eigenvalue weighted by atomic mass is 10.2. The Morgan fingerprint density at radius 1 is 1.37 bits per heavy atom. The van der Waals surface area contributed by atoms with Gasteiger partial charge in [0.1, 0.15) is 0 Å². The largest absolute Gasteiger partial charge is 0.478 e. The molecule has 0 bridgehead atoms. The molecule has 0 fully saturated rings. The van der Waals surface area contributed by atoms with E-state index >= 15 is 0 Å². The number of aromatic carboxylic acids is 1. The fourth-order valence-corrected chi connectivity index (χ4v) is 3.09. The highest BCUT2D eigenvalue weighted by Crippen LogP contribution is 2.26. The molecule has 0 spiro atoms. The third-order valence-corrected chi connectivity index (χ3v) is 4.59. The number of hydrogen-bond donors (Lipinski definition) is 2. The van der Waals surface area contributed by atoms with Crippen LogP contribution in [-0.4, -0.2) is 25.2 Å². The maximum absolute atomic E-state index is 11.2. The minimum atomic E-state index is -3.88. The summed E-state index contributed by atoms with van der Waals surface area (Å²) in [7, 11) is -3.88. The summed E-state index contributed by atoms with van der Waals surface area (Å²) in [6.45, 7) is 2.09. The lowest BCUT2D eigenvalue weighted by Gasteiger charge is -2.07. The molecule has 0 aromatic heterocycles. The summed E-state index contributed by atoms with van der Waals surface area (Å²) in [6, 6.07) is 3.95. The summed E-state index contributed by atoms with van der Waals surface area (Å²) in [5.74, 6) is -0.341. The van der Waals surface area contributed by atoms with Crippen LogP contribution in [-0.2, 0) is 10.0 Å². The molecule has 7 heteroatoms. The van der Waals surface area contributed by atoms with E-state index in [1.165, 1.54) is 23.9 Å². The maximum atomic E-state index is 11.2. The Morgan fingerprint density at radius 3 is 2.58 bits per heavy atom. The molecule has 0 aliphatic heterocycles. The fraction of sp³-hybridized carbons (Fsp3) is 0.417.